The maximum Gasteiger partial charge on any atom is 0.294 e. The second-order valence-electron chi connectivity index (χ2n) is 6.47. The van der Waals surface area contributed by atoms with Crippen LogP contribution in [-0.4, -0.2) is 44.2 Å². The third kappa shape index (κ3) is 4.89. The van der Waals surface area contributed by atoms with Crippen LogP contribution in [0.15, 0.2) is 47.4 Å². The van der Waals surface area contributed by atoms with Crippen molar-refractivity contribution >= 4 is 10.1 Å². The Balaban J connectivity index is 1.74. The number of benzene rings is 2. The summed E-state index contributed by atoms with van der Waals surface area (Å²) in [5, 5.41) is 0. The molecule has 0 spiro atoms. The summed E-state index contributed by atoms with van der Waals surface area (Å²) in [6, 6.07) is 13.2. The molecule has 0 atom stereocenters. The van der Waals surface area contributed by atoms with Gasteiger partial charge in [0.2, 0.25) is 0 Å². The first-order chi connectivity index (χ1) is 11.9. The molecular weight excluding hydrogens is 338 g/mol. The summed E-state index contributed by atoms with van der Waals surface area (Å²) in [4.78, 5) is 2.34. The second-order valence-corrected chi connectivity index (χ2v) is 7.86. The molecule has 2 aromatic rings. The van der Waals surface area contributed by atoms with Crippen molar-refractivity contribution in [2.24, 2.45) is 0 Å². The lowest BCUT2D eigenvalue weighted by Crippen LogP contribution is -2.35. The van der Waals surface area contributed by atoms with Crippen LogP contribution in [0.5, 0.6) is 0 Å². The normalized spacial score (nSPS) is 16.1. The summed E-state index contributed by atoms with van der Waals surface area (Å²) in [6.45, 7) is 6.26. The molecule has 5 nitrogen and oxygen atoms in total. The lowest BCUT2D eigenvalue weighted by Gasteiger charge is -2.26. The Morgan fingerprint density at radius 1 is 1.04 bits per heavy atom. The van der Waals surface area contributed by atoms with Crippen LogP contribution < -0.4 is 0 Å². The van der Waals surface area contributed by atoms with E-state index in [1.807, 2.05) is 25.1 Å². The summed E-state index contributed by atoms with van der Waals surface area (Å²) in [7, 11) is -4.22. The van der Waals surface area contributed by atoms with Crippen LogP contribution in [0.3, 0.4) is 0 Å². The van der Waals surface area contributed by atoms with E-state index in [9.17, 15) is 13.0 Å². The molecule has 25 heavy (non-hydrogen) atoms. The largest absolute Gasteiger partial charge is 0.379 e. The molecule has 1 aliphatic heterocycles. The van der Waals surface area contributed by atoms with Gasteiger partial charge < -0.3 is 4.74 Å². The van der Waals surface area contributed by atoms with Crippen molar-refractivity contribution in [1.82, 2.24) is 4.90 Å². The first kappa shape index (κ1) is 18.1. The van der Waals surface area contributed by atoms with Gasteiger partial charge in [-0.05, 0) is 36.1 Å². The highest BCUT2D eigenvalue weighted by Gasteiger charge is 2.16. The van der Waals surface area contributed by atoms with Crippen molar-refractivity contribution in [3.63, 3.8) is 0 Å². The minimum absolute atomic E-state index is 0.0181. The summed E-state index contributed by atoms with van der Waals surface area (Å²) in [5.41, 5.74) is 3.82. The fourth-order valence-corrected chi connectivity index (χ4v) is 3.80. The SMILES string of the molecule is Cc1ccc(S(=O)(=O)O)c(Cc2ccc(CN3CCOCC3)cc2)c1. The molecule has 1 fully saturated rings. The molecule has 0 aliphatic carbocycles. The van der Waals surface area contributed by atoms with E-state index in [4.69, 9.17) is 4.74 Å². The molecule has 1 saturated heterocycles. The Hall–Kier alpha value is -1.73. The van der Waals surface area contributed by atoms with Gasteiger partial charge in [-0.25, -0.2) is 0 Å². The molecule has 0 radical (unpaired) electrons. The van der Waals surface area contributed by atoms with E-state index in [1.54, 1.807) is 6.07 Å². The topological polar surface area (TPSA) is 66.8 Å². The average molecular weight is 361 g/mol. The summed E-state index contributed by atoms with van der Waals surface area (Å²) < 4.78 is 37.9. The highest BCUT2D eigenvalue weighted by molar-refractivity contribution is 7.85. The van der Waals surface area contributed by atoms with E-state index in [0.717, 1.165) is 44.0 Å². The van der Waals surface area contributed by atoms with Crippen LogP contribution in [0.2, 0.25) is 0 Å². The van der Waals surface area contributed by atoms with Gasteiger partial charge >= 0.3 is 0 Å². The van der Waals surface area contributed by atoms with Gasteiger partial charge in [-0.3, -0.25) is 9.45 Å². The van der Waals surface area contributed by atoms with E-state index in [1.165, 1.54) is 11.6 Å². The van der Waals surface area contributed by atoms with Crippen molar-refractivity contribution in [1.29, 1.82) is 0 Å². The standard InChI is InChI=1S/C19H23NO4S/c1-15-2-7-19(25(21,22)23)18(12-15)13-16-3-5-17(6-4-16)14-20-8-10-24-11-9-20/h2-7,12H,8-11,13-14H2,1H3,(H,21,22,23). The van der Waals surface area contributed by atoms with Gasteiger partial charge in [-0.15, -0.1) is 0 Å². The molecule has 1 heterocycles. The van der Waals surface area contributed by atoms with Crippen LogP contribution in [0.25, 0.3) is 0 Å². The molecule has 3 rings (SSSR count). The molecule has 1 N–H and O–H groups in total. The smallest absolute Gasteiger partial charge is 0.294 e. The first-order valence-corrected chi connectivity index (χ1v) is 9.81. The molecule has 134 valence electrons. The first-order valence-electron chi connectivity index (χ1n) is 8.37. The third-order valence-electron chi connectivity index (χ3n) is 4.42. The van der Waals surface area contributed by atoms with E-state index >= 15 is 0 Å². The summed E-state index contributed by atoms with van der Waals surface area (Å²) in [6.07, 6.45) is 0.467. The van der Waals surface area contributed by atoms with Crippen LogP contribution in [-0.2, 0) is 27.8 Å². The zero-order valence-electron chi connectivity index (χ0n) is 14.3. The fraction of sp³-hybridized carbons (Fsp3) is 0.368. The van der Waals surface area contributed by atoms with Gasteiger partial charge in [0.25, 0.3) is 10.1 Å². The van der Waals surface area contributed by atoms with Gasteiger partial charge in [0, 0.05) is 19.6 Å². The predicted octanol–water partition coefficient (Wildman–Crippen LogP) is 2.66. The van der Waals surface area contributed by atoms with Gasteiger partial charge in [0.1, 0.15) is 0 Å². The fourth-order valence-electron chi connectivity index (χ4n) is 3.10. The zero-order chi connectivity index (χ0) is 17.9. The highest BCUT2D eigenvalue weighted by Crippen LogP contribution is 2.21. The summed E-state index contributed by atoms with van der Waals surface area (Å²) in [5.74, 6) is 0. The number of hydrogen-bond donors (Lipinski definition) is 1. The van der Waals surface area contributed by atoms with Gasteiger partial charge in [-0.1, -0.05) is 42.0 Å². The number of rotatable bonds is 5. The van der Waals surface area contributed by atoms with Crippen LogP contribution in [0.1, 0.15) is 22.3 Å². The Labute approximate surface area is 149 Å². The number of morpholine rings is 1. The molecule has 2 aromatic carbocycles. The quantitative estimate of drug-likeness (QED) is 0.830. The van der Waals surface area contributed by atoms with Gasteiger partial charge in [-0.2, -0.15) is 8.42 Å². The molecule has 0 bridgehead atoms. The zero-order valence-corrected chi connectivity index (χ0v) is 15.1. The van der Waals surface area contributed by atoms with Crippen LogP contribution >= 0.6 is 0 Å². The minimum atomic E-state index is -4.22. The van der Waals surface area contributed by atoms with Crippen molar-refractivity contribution in [2.45, 2.75) is 24.8 Å². The van der Waals surface area contributed by atoms with Crippen molar-refractivity contribution in [3.8, 4) is 0 Å². The Morgan fingerprint density at radius 3 is 2.32 bits per heavy atom. The molecule has 0 amide bonds. The Morgan fingerprint density at radius 2 is 1.68 bits per heavy atom. The Bertz CT molecular complexity index is 825. The molecule has 6 heteroatoms. The van der Waals surface area contributed by atoms with E-state index in [2.05, 4.69) is 17.0 Å². The summed E-state index contributed by atoms with van der Waals surface area (Å²) >= 11 is 0. The van der Waals surface area contributed by atoms with E-state index in [-0.39, 0.29) is 4.90 Å². The third-order valence-corrected chi connectivity index (χ3v) is 5.38. The van der Waals surface area contributed by atoms with Gasteiger partial charge in [0.15, 0.2) is 0 Å². The number of nitrogens with zero attached hydrogens (tertiary/aromatic N) is 1. The van der Waals surface area contributed by atoms with Crippen molar-refractivity contribution < 1.29 is 17.7 Å². The van der Waals surface area contributed by atoms with Gasteiger partial charge in [0.05, 0.1) is 18.1 Å². The highest BCUT2D eigenvalue weighted by atomic mass is 32.2. The van der Waals surface area contributed by atoms with Crippen molar-refractivity contribution in [2.75, 3.05) is 26.3 Å². The molecular formula is C19H23NO4S. The van der Waals surface area contributed by atoms with Crippen LogP contribution in [0.4, 0.5) is 0 Å². The molecule has 1 aliphatic rings. The number of aryl methyl sites for hydroxylation is 1. The molecule has 0 saturated carbocycles. The lowest BCUT2D eigenvalue weighted by atomic mass is 10.0. The number of ether oxygens (including phenoxy) is 1. The monoisotopic (exact) mass is 361 g/mol. The van der Waals surface area contributed by atoms with Crippen molar-refractivity contribution in [3.05, 3.63) is 64.7 Å². The number of hydrogen-bond acceptors (Lipinski definition) is 4. The average Bonchev–Trinajstić information content (AvgIpc) is 2.56. The van der Waals surface area contributed by atoms with Crippen LogP contribution in [0, 0.1) is 6.92 Å². The maximum atomic E-state index is 11.6. The maximum absolute atomic E-state index is 11.6. The molecule has 0 unspecified atom stereocenters. The predicted molar refractivity (Wildman–Crippen MR) is 96.3 cm³/mol. The Kier molecular flexibility index (Phi) is 5.54. The second kappa shape index (κ2) is 7.66. The molecule has 0 aromatic heterocycles. The lowest BCUT2D eigenvalue weighted by molar-refractivity contribution is 0.0342. The van der Waals surface area contributed by atoms with E-state index < -0.39 is 10.1 Å². The van der Waals surface area contributed by atoms with E-state index in [0.29, 0.717) is 12.0 Å². The minimum Gasteiger partial charge on any atom is -0.379 e.